The molecule has 0 unspecified atom stereocenters. The van der Waals surface area contributed by atoms with Gasteiger partial charge in [0.15, 0.2) is 0 Å². The Bertz CT molecular complexity index is 1270. The van der Waals surface area contributed by atoms with Crippen molar-refractivity contribution in [2.45, 2.75) is 29.2 Å². The van der Waals surface area contributed by atoms with Gasteiger partial charge < -0.3 is 25.4 Å². The fraction of sp³-hybridized carbons (Fsp3) is 0.320. The van der Waals surface area contributed by atoms with Gasteiger partial charge in [-0.3, -0.25) is 4.79 Å². The SMILES string of the molecule is CN1CCN(c2ncc(Sc3ccc(C(N)=O)c(C(F)(F)F)c3)c(OCc3cccc(CO)c3)n2)CC1. The van der Waals surface area contributed by atoms with E-state index in [1.807, 2.05) is 18.0 Å². The number of likely N-dealkylation sites (N-methyl/N-ethyl adjacent to an activating group) is 1. The van der Waals surface area contributed by atoms with Crippen molar-refractivity contribution in [3.05, 3.63) is 70.9 Å². The first kappa shape index (κ1) is 26.7. The number of primary amides is 1. The minimum absolute atomic E-state index is 0.112. The number of aromatic nitrogens is 2. The predicted octanol–water partition coefficient (Wildman–Crippen LogP) is 3.57. The van der Waals surface area contributed by atoms with E-state index in [4.69, 9.17) is 10.5 Å². The molecule has 0 saturated carbocycles. The second kappa shape index (κ2) is 11.4. The summed E-state index contributed by atoms with van der Waals surface area (Å²) < 4.78 is 46.7. The zero-order valence-corrected chi connectivity index (χ0v) is 20.8. The van der Waals surface area contributed by atoms with E-state index in [1.54, 1.807) is 18.2 Å². The normalized spacial score (nSPS) is 14.6. The second-order valence-corrected chi connectivity index (χ2v) is 9.68. The molecule has 3 aromatic rings. The second-order valence-electron chi connectivity index (χ2n) is 8.57. The van der Waals surface area contributed by atoms with Crippen molar-refractivity contribution in [2.75, 3.05) is 38.1 Å². The number of aliphatic hydroxyl groups is 1. The van der Waals surface area contributed by atoms with Crippen molar-refractivity contribution < 1.29 is 27.8 Å². The van der Waals surface area contributed by atoms with E-state index in [9.17, 15) is 23.1 Å². The Labute approximate surface area is 216 Å². The lowest BCUT2D eigenvalue weighted by molar-refractivity contribution is -0.138. The summed E-state index contributed by atoms with van der Waals surface area (Å²) >= 11 is 0.995. The van der Waals surface area contributed by atoms with Crippen molar-refractivity contribution >= 4 is 23.6 Å². The monoisotopic (exact) mass is 533 g/mol. The van der Waals surface area contributed by atoms with Crippen LogP contribution in [-0.4, -0.2) is 59.1 Å². The Kier molecular flexibility index (Phi) is 8.20. The van der Waals surface area contributed by atoms with Crippen LogP contribution in [0.5, 0.6) is 5.88 Å². The molecule has 1 saturated heterocycles. The summed E-state index contributed by atoms with van der Waals surface area (Å²) in [5.41, 5.74) is 4.96. The summed E-state index contributed by atoms with van der Waals surface area (Å²) in [6.07, 6.45) is -3.22. The molecule has 12 heteroatoms. The molecule has 196 valence electrons. The molecule has 37 heavy (non-hydrogen) atoms. The highest BCUT2D eigenvalue weighted by atomic mass is 32.2. The van der Waals surface area contributed by atoms with E-state index in [1.165, 1.54) is 12.3 Å². The van der Waals surface area contributed by atoms with Crippen molar-refractivity contribution in [2.24, 2.45) is 5.73 Å². The number of hydrogen-bond donors (Lipinski definition) is 2. The van der Waals surface area contributed by atoms with E-state index in [2.05, 4.69) is 14.9 Å². The van der Waals surface area contributed by atoms with Gasteiger partial charge in [0, 0.05) is 31.1 Å². The van der Waals surface area contributed by atoms with Crippen LogP contribution in [-0.2, 0) is 19.4 Å². The smallest absolute Gasteiger partial charge is 0.417 e. The standard InChI is InChI=1S/C25H26F3N5O3S/c1-32-7-9-33(10-8-32)24-30-13-21(23(31-24)36-15-17-4-2-3-16(11-17)14-34)37-18-5-6-19(22(29)35)20(12-18)25(26,27)28/h2-6,11-13,34H,7-10,14-15H2,1H3,(H2,29,35). The van der Waals surface area contributed by atoms with Crippen molar-refractivity contribution in [1.82, 2.24) is 14.9 Å². The minimum atomic E-state index is -4.75. The third kappa shape index (κ3) is 6.70. The molecule has 0 atom stereocenters. The van der Waals surface area contributed by atoms with Crippen LogP contribution in [0.3, 0.4) is 0 Å². The van der Waals surface area contributed by atoms with Gasteiger partial charge in [0.2, 0.25) is 17.7 Å². The van der Waals surface area contributed by atoms with Crippen molar-refractivity contribution in [3.63, 3.8) is 0 Å². The third-order valence-corrected chi connectivity index (χ3v) is 6.82. The maximum Gasteiger partial charge on any atom is 0.417 e. The van der Waals surface area contributed by atoms with Gasteiger partial charge in [-0.15, -0.1) is 0 Å². The number of alkyl halides is 3. The molecule has 4 rings (SSSR count). The summed E-state index contributed by atoms with van der Waals surface area (Å²) in [6, 6.07) is 10.6. The van der Waals surface area contributed by atoms with E-state index in [0.29, 0.717) is 10.8 Å². The Morgan fingerprint density at radius 2 is 1.86 bits per heavy atom. The minimum Gasteiger partial charge on any atom is -0.472 e. The fourth-order valence-corrected chi connectivity index (χ4v) is 4.68. The van der Waals surface area contributed by atoms with Gasteiger partial charge in [-0.05, 0) is 36.4 Å². The van der Waals surface area contributed by atoms with Crippen LogP contribution in [0.1, 0.15) is 27.0 Å². The van der Waals surface area contributed by atoms with Crippen LogP contribution in [0.25, 0.3) is 0 Å². The third-order valence-electron chi connectivity index (χ3n) is 5.83. The molecule has 1 aliphatic heterocycles. The number of anilines is 1. The number of rotatable bonds is 8. The number of hydrogen-bond acceptors (Lipinski definition) is 8. The average molecular weight is 534 g/mol. The highest BCUT2D eigenvalue weighted by Crippen LogP contribution is 2.39. The highest BCUT2D eigenvalue weighted by molar-refractivity contribution is 7.99. The van der Waals surface area contributed by atoms with E-state index >= 15 is 0 Å². The van der Waals surface area contributed by atoms with Gasteiger partial charge in [-0.25, -0.2) is 4.98 Å². The fourth-order valence-electron chi connectivity index (χ4n) is 3.81. The largest absolute Gasteiger partial charge is 0.472 e. The van der Waals surface area contributed by atoms with Crippen LogP contribution >= 0.6 is 11.8 Å². The number of amides is 1. The summed E-state index contributed by atoms with van der Waals surface area (Å²) in [4.78, 5) is 25.4. The summed E-state index contributed by atoms with van der Waals surface area (Å²) in [5.74, 6) is -0.467. The summed E-state index contributed by atoms with van der Waals surface area (Å²) in [6.45, 7) is 3.16. The van der Waals surface area contributed by atoms with Crippen LogP contribution in [0.4, 0.5) is 19.1 Å². The van der Waals surface area contributed by atoms with Gasteiger partial charge in [-0.1, -0.05) is 36.0 Å². The van der Waals surface area contributed by atoms with Crippen LogP contribution in [0.2, 0.25) is 0 Å². The van der Waals surface area contributed by atoms with E-state index in [0.717, 1.165) is 61.2 Å². The molecular weight excluding hydrogens is 507 g/mol. The Balaban J connectivity index is 1.65. The highest BCUT2D eigenvalue weighted by Gasteiger charge is 2.35. The zero-order valence-electron chi connectivity index (χ0n) is 20.0. The molecule has 8 nitrogen and oxygen atoms in total. The van der Waals surface area contributed by atoms with E-state index in [-0.39, 0.29) is 24.0 Å². The topological polar surface area (TPSA) is 105 Å². The van der Waals surface area contributed by atoms with Crippen molar-refractivity contribution in [3.8, 4) is 5.88 Å². The van der Waals surface area contributed by atoms with Gasteiger partial charge in [0.05, 0.1) is 28.8 Å². The maximum absolute atomic E-state index is 13.6. The lowest BCUT2D eigenvalue weighted by atomic mass is 10.1. The molecule has 0 radical (unpaired) electrons. The number of halogens is 3. The van der Waals surface area contributed by atoms with Crippen molar-refractivity contribution in [1.29, 1.82) is 0 Å². The quantitative estimate of drug-likeness (QED) is 0.453. The number of carbonyl (C=O) groups excluding carboxylic acids is 1. The number of ether oxygens (including phenoxy) is 1. The lowest BCUT2D eigenvalue weighted by Crippen LogP contribution is -2.45. The zero-order chi connectivity index (χ0) is 26.6. The number of benzene rings is 2. The average Bonchev–Trinajstić information content (AvgIpc) is 2.88. The Morgan fingerprint density at radius 1 is 1.14 bits per heavy atom. The van der Waals surface area contributed by atoms with Crippen LogP contribution < -0.4 is 15.4 Å². The molecule has 0 bridgehead atoms. The number of aliphatic hydroxyl groups excluding tert-OH is 1. The number of carbonyl (C=O) groups is 1. The first-order valence-corrected chi connectivity index (χ1v) is 12.3. The molecule has 2 heterocycles. The lowest BCUT2D eigenvalue weighted by Gasteiger charge is -2.32. The Morgan fingerprint density at radius 3 is 2.54 bits per heavy atom. The number of nitrogens with two attached hydrogens (primary N) is 1. The first-order valence-electron chi connectivity index (χ1n) is 11.4. The van der Waals surface area contributed by atoms with Gasteiger partial charge in [0.25, 0.3) is 0 Å². The maximum atomic E-state index is 13.6. The first-order chi connectivity index (χ1) is 17.6. The van der Waals surface area contributed by atoms with Crippen LogP contribution in [0.15, 0.2) is 58.5 Å². The molecule has 1 fully saturated rings. The molecule has 1 aromatic heterocycles. The van der Waals surface area contributed by atoms with Gasteiger partial charge in [0.1, 0.15) is 6.61 Å². The van der Waals surface area contributed by atoms with Crippen LogP contribution in [0, 0.1) is 0 Å². The Hall–Kier alpha value is -3.35. The summed E-state index contributed by atoms with van der Waals surface area (Å²) in [5, 5.41) is 9.41. The summed E-state index contributed by atoms with van der Waals surface area (Å²) in [7, 11) is 2.03. The molecule has 3 N–H and O–H groups in total. The molecule has 1 aliphatic rings. The number of piperazine rings is 1. The van der Waals surface area contributed by atoms with Gasteiger partial charge in [-0.2, -0.15) is 18.2 Å². The predicted molar refractivity (Wildman–Crippen MR) is 133 cm³/mol. The molecular formula is C25H26F3N5O3S. The molecule has 2 aromatic carbocycles. The molecule has 0 spiro atoms. The molecule has 0 aliphatic carbocycles. The molecule has 1 amide bonds. The number of nitrogens with zero attached hydrogens (tertiary/aromatic N) is 4. The van der Waals surface area contributed by atoms with Gasteiger partial charge >= 0.3 is 6.18 Å². The van der Waals surface area contributed by atoms with E-state index < -0.39 is 23.2 Å².